The largest absolute Gasteiger partial charge is 0.274 e. The van der Waals surface area contributed by atoms with Crippen LogP contribution in [0.2, 0.25) is 0 Å². The third-order valence-corrected chi connectivity index (χ3v) is 1.88. The van der Waals surface area contributed by atoms with Gasteiger partial charge in [0.05, 0.1) is 6.54 Å². The highest BCUT2D eigenvalue weighted by molar-refractivity contribution is 5.81. The van der Waals surface area contributed by atoms with Gasteiger partial charge in [0.1, 0.15) is 0 Å². The van der Waals surface area contributed by atoms with Gasteiger partial charge in [-0.2, -0.15) is 0 Å². The van der Waals surface area contributed by atoms with Crippen LogP contribution in [0.1, 0.15) is 20.8 Å². The number of rotatable bonds is 3. The van der Waals surface area contributed by atoms with E-state index in [9.17, 15) is 4.79 Å². The molecule has 1 aromatic rings. The molecule has 3 nitrogen and oxygen atoms in total. The van der Waals surface area contributed by atoms with Crippen LogP contribution in [0.3, 0.4) is 0 Å². The predicted octanol–water partition coefficient (Wildman–Crippen LogP) is 1.11. The van der Waals surface area contributed by atoms with Crippen molar-refractivity contribution < 1.29 is 9.47 Å². The molecule has 0 unspecified atom stereocenters. The van der Waals surface area contributed by atoms with Crippen molar-refractivity contribution >= 4 is 5.91 Å². The molecule has 0 N–H and O–H groups in total. The van der Waals surface area contributed by atoms with Crippen LogP contribution in [-0.2, 0) is 4.79 Å². The van der Waals surface area contributed by atoms with Crippen LogP contribution in [0.4, 0.5) is 0 Å². The maximum absolute atomic E-state index is 11.4. The van der Waals surface area contributed by atoms with Crippen molar-refractivity contribution in [2.24, 2.45) is 5.92 Å². The monoisotopic (exact) mass is 193 g/mol. The smallest absolute Gasteiger partial charge is 0.269 e. The number of hydrogen-bond acceptors (Lipinski definition) is 1. The first-order valence-electron chi connectivity index (χ1n) is 4.86. The number of carbonyl (C=O) groups excluding carboxylic acids is 1. The van der Waals surface area contributed by atoms with Gasteiger partial charge in [0.15, 0.2) is 12.4 Å². The Morgan fingerprint density at radius 1 is 1.29 bits per heavy atom. The van der Waals surface area contributed by atoms with Gasteiger partial charge < -0.3 is 0 Å². The Hall–Kier alpha value is -1.38. The lowest BCUT2D eigenvalue weighted by atomic mass is 10.2. The second kappa shape index (κ2) is 4.74. The molecule has 0 spiro atoms. The summed E-state index contributed by atoms with van der Waals surface area (Å²) < 4.78 is 1.82. The van der Waals surface area contributed by atoms with Gasteiger partial charge in [0.2, 0.25) is 0 Å². The van der Waals surface area contributed by atoms with Gasteiger partial charge >= 0.3 is 0 Å². The molecule has 0 aliphatic heterocycles. The van der Waals surface area contributed by atoms with Crippen molar-refractivity contribution in [1.82, 2.24) is 0 Å². The molecule has 76 valence electrons. The topological polar surface area (TPSA) is 24.2 Å². The van der Waals surface area contributed by atoms with Gasteiger partial charge in [-0.15, -0.1) is 5.01 Å². The van der Waals surface area contributed by atoms with Crippen molar-refractivity contribution in [1.29, 1.82) is 0 Å². The van der Waals surface area contributed by atoms with Crippen molar-refractivity contribution in [3.05, 3.63) is 30.6 Å². The summed E-state index contributed by atoms with van der Waals surface area (Å²) in [4.78, 5) is 11.4. The van der Waals surface area contributed by atoms with Gasteiger partial charge in [-0.25, -0.2) is 0 Å². The van der Waals surface area contributed by atoms with Crippen LogP contribution >= 0.6 is 0 Å². The zero-order valence-electron chi connectivity index (χ0n) is 8.97. The number of aromatic nitrogens is 1. The van der Waals surface area contributed by atoms with Crippen LogP contribution in [0, 0.1) is 5.92 Å². The molecule has 0 saturated heterocycles. The summed E-state index contributed by atoms with van der Waals surface area (Å²) in [5.74, 6) is 0.529. The maximum atomic E-state index is 11.4. The highest BCUT2D eigenvalue weighted by Gasteiger charge is 2.18. The van der Waals surface area contributed by atoms with Crippen LogP contribution in [0.5, 0.6) is 0 Å². The van der Waals surface area contributed by atoms with E-state index in [-0.39, 0.29) is 5.91 Å². The zero-order valence-corrected chi connectivity index (χ0v) is 8.97. The molecular formula is C11H17N2O+. The van der Waals surface area contributed by atoms with Crippen molar-refractivity contribution in [2.45, 2.75) is 20.8 Å². The maximum Gasteiger partial charge on any atom is 0.274 e. The summed E-state index contributed by atoms with van der Waals surface area (Å²) in [7, 11) is 0. The number of nitrogens with zero attached hydrogens (tertiary/aromatic N) is 2. The molecule has 1 heterocycles. The molecule has 0 bridgehead atoms. The highest BCUT2D eigenvalue weighted by Crippen LogP contribution is 1.94. The summed E-state index contributed by atoms with van der Waals surface area (Å²) in [6, 6.07) is 5.76. The molecular weight excluding hydrogens is 176 g/mol. The van der Waals surface area contributed by atoms with E-state index in [1.807, 2.05) is 35.3 Å². The molecule has 14 heavy (non-hydrogen) atoms. The van der Waals surface area contributed by atoms with E-state index in [2.05, 4.69) is 13.8 Å². The van der Waals surface area contributed by atoms with Crippen LogP contribution in [0.15, 0.2) is 30.6 Å². The van der Waals surface area contributed by atoms with Gasteiger partial charge in [-0.05, 0) is 5.92 Å². The predicted molar refractivity (Wildman–Crippen MR) is 55.2 cm³/mol. The van der Waals surface area contributed by atoms with Crippen molar-refractivity contribution in [3.8, 4) is 0 Å². The van der Waals surface area contributed by atoms with E-state index < -0.39 is 0 Å². The third kappa shape index (κ3) is 2.83. The first kappa shape index (κ1) is 10.7. The molecule has 3 heteroatoms. The molecule has 0 radical (unpaired) electrons. The van der Waals surface area contributed by atoms with Crippen LogP contribution in [-0.4, -0.2) is 12.5 Å². The molecule has 0 aromatic carbocycles. The zero-order chi connectivity index (χ0) is 10.6. The molecule has 1 amide bonds. The first-order chi connectivity index (χ1) is 6.61. The number of hydrogen-bond donors (Lipinski definition) is 0. The van der Waals surface area contributed by atoms with E-state index in [4.69, 9.17) is 0 Å². The SMILES string of the molecule is CC(=O)N(CC(C)C)[n+]1ccccc1. The molecule has 1 aromatic heterocycles. The quantitative estimate of drug-likeness (QED) is 0.660. The fraction of sp³-hybridized carbons (Fsp3) is 0.455. The molecule has 0 fully saturated rings. The van der Waals surface area contributed by atoms with Gasteiger partial charge in [0.25, 0.3) is 5.91 Å². The lowest BCUT2D eigenvalue weighted by Gasteiger charge is -2.15. The summed E-state index contributed by atoms with van der Waals surface area (Å²) in [6.07, 6.45) is 3.76. The second-order valence-electron chi connectivity index (χ2n) is 3.75. The van der Waals surface area contributed by atoms with Crippen LogP contribution in [0.25, 0.3) is 0 Å². The molecule has 0 saturated carbocycles. The van der Waals surface area contributed by atoms with Gasteiger partial charge in [-0.3, -0.25) is 4.79 Å². The van der Waals surface area contributed by atoms with Crippen LogP contribution < -0.4 is 9.69 Å². The Morgan fingerprint density at radius 2 is 1.86 bits per heavy atom. The summed E-state index contributed by atoms with van der Waals surface area (Å²) in [5.41, 5.74) is 0. The molecule has 0 aliphatic rings. The van der Waals surface area contributed by atoms with Gasteiger partial charge in [-0.1, -0.05) is 24.6 Å². The fourth-order valence-electron chi connectivity index (χ4n) is 1.28. The molecule has 1 rings (SSSR count). The fourth-order valence-corrected chi connectivity index (χ4v) is 1.28. The number of pyridine rings is 1. The number of carbonyl (C=O) groups is 1. The highest BCUT2D eigenvalue weighted by atomic mass is 16.2. The third-order valence-electron chi connectivity index (χ3n) is 1.88. The summed E-state index contributed by atoms with van der Waals surface area (Å²) in [6.45, 7) is 6.52. The lowest BCUT2D eigenvalue weighted by Crippen LogP contribution is -2.60. The Balaban J connectivity index is 2.84. The normalized spacial score (nSPS) is 10.3. The van der Waals surface area contributed by atoms with E-state index >= 15 is 0 Å². The van der Waals surface area contributed by atoms with E-state index in [0.717, 1.165) is 6.54 Å². The average molecular weight is 193 g/mol. The van der Waals surface area contributed by atoms with Crippen molar-refractivity contribution in [3.63, 3.8) is 0 Å². The second-order valence-corrected chi connectivity index (χ2v) is 3.75. The Bertz CT molecular complexity index is 295. The van der Waals surface area contributed by atoms with E-state index in [0.29, 0.717) is 5.92 Å². The lowest BCUT2D eigenvalue weighted by molar-refractivity contribution is -0.683. The Kier molecular flexibility index (Phi) is 3.63. The average Bonchev–Trinajstić information content (AvgIpc) is 2.15. The minimum absolute atomic E-state index is 0.0647. The Labute approximate surface area is 84.9 Å². The standard InChI is InChI=1S/C11H17N2O/c1-10(2)9-13(11(3)14)12-7-5-4-6-8-12/h4-8,10H,9H2,1-3H3/q+1. The first-order valence-corrected chi connectivity index (χ1v) is 4.86. The summed E-state index contributed by atoms with van der Waals surface area (Å²) in [5, 5.41) is 1.73. The van der Waals surface area contributed by atoms with Crippen molar-refractivity contribution in [2.75, 3.05) is 11.6 Å². The van der Waals surface area contributed by atoms with Gasteiger partial charge in [0, 0.05) is 19.1 Å². The van der Waals surface area contributed by atoms with E-state index in [1.165, 1.54) is 0 Å². The van der Waals surface area contributed by atoms with E-state index in [1.54, 1.807) is 11.9 Å². The minimum Gasteiger partial charge on any atom is -0.269 e. The molecule has 0 aliphatic carbocycles. The molecule has 0 atom stereocenters. The minimum atomic E-state index is 0.0647. The Morgan fingerprint density at radius 3 is 2.29 bits per heavy atom. The number of amides is 1. The summed E-state index contributed by atoms with van der Waals surface area (Å²) >= 11 is 0.